The summed E-state index contributed by atoms with van der Waals surface area (Å²) in [5.41, 5.74) is -1.05. The molecule has 1 heterocycles. The molecule has 0 bridgehead atoms. The number of hydrogen-bond acceptors (Lipinski definition) is 4. The Morgan fingerprint density at radius 2 is 2.26 bits per heavy atom. The van der Waals surface area contributed by atoms with Crippen molar-refractivity contribution in [3.63, 3.8) is 0 Å². The third-order valence-corrected chi connectivity index (χ3v) is 6.75. The molecule has 1 saturated carbocycles. The van der Waals surface area contributed by atoms with E-state index in [1.165, 1.54) is 12.1 Å². The van der Waals surface area contributed by atoms with Crippen LogP contribution in [0.3, 0.4) is 0 Å². The summed E-state index contributed by atoms with van der Waals surface area (Å²) in [4.78, 5) is 11.3. The number of sulfonamides is 1. The summed E-state index contributed by atoms with van der Waals surface area (Å²) in [6, 6.07) is 2.34. The van der Waals surface area contributed by atoms with E-state index in [1.807, 2.05) is 0 Å². The summed E-state index contributed by atoms with van der Waals surface area (Å²) >= 11 is 6.68. The van der Waals surface area contributed by atoms with Gasteiger partial charge in [-0.2, -0.15) is 0 Å². The zero-order valence-electron chi connectivity index (χ0n) is 10.2. The van der Waals surface area contributed by atoms with Gasteiger partial charge in [0.05, 0.1) is 9.75 Å². The van der Waals surface area contributed by atoms with Crippen molar-refractivity contribution in [1.29, 1.82) is 0 Å². The van der Waals surface area contributed by atoms with Crippen molar-refractivity contribution >= 4 is 38.9 Å². The first-order chi connectivity index (χ1) is 8.75. The van der Waals surface area contributed by atoms with Gasteiger partial charge in [0.1, 0.15) is 4.21 Å². The molecule has 0 saturated heterocycles. The van der Waals surface area contributed by atoms with Gasteiger partial charge in [-0.05, 0) is 31.9 Å². The molecule has 1 aliphatic carbocycles. The summed E-state index contributed by atoms with van der Waals surface area (Å²) in [6.07, 6.45) is 1.70. The maximum Gasteiger partial charge on any atom is 0.310 e. The molecule has 1 aliphatic rings. The number of hydrogen-bond donors (Lipinski definition) is 2. The van der Waals surface area contributed by atoms with Crippen molar-refractivity contribution in [2.45, 2.75) is 36.4 Å². The molecule has 1 fully saturated rings. The largest absolute Gasteiger partial charge is 0.481 e. The highest BCUT2D eigenvalue weighted by atomic mass is 35.5. The van der Waals surface area contributed by atoms with E-state index in [4.69, 9.17) is 11.6 Å². The minimum atomic E-state index is -3.71. The van der Waals surface area contributed by atoms with Gasteiger partial charge in [0.15, 0.2) is 0 Å². The van der Waals surface area contributed by atoms with Crippen LogP contribution in [0, 0.1) is 5.41 Å². The van der Waals surface area contributed by atoms with Gasteiger partial charge >= 0.3 is 5.97 Å². The Labute approximate surface area is 120 Å². The predicted molar refractivity (Wildman–Crippen MR) is 73.0 cm³/mol. The quantitative estimate of drug-likeness (QED) is 0.890. The molecule has 2 N–H and O–H groups in total. The van der Waals surface area contributed by atoms with E-state index in [9.17, 15) is 18.3 Å². The van der Waals surface area contributed by atoms with Crippen LogP contribution in [0.4, 0.5) is 0 Å². The molecule has 2 unspecified atom stereocenters. The van der Waals surface area contributed by atoms with Crippen LogP contribution in [0.5, 0.6) is 0 Å². The highest BCUT2D eigenvalue weighted by Crippen LogP contribution is 2.39. The fourth-order valence-electron chi connectivity index (χ4n) is 2.30. The summed E-state index contributed by atoms with van der Waals surface area (Å²) in [5.74, 6) is -0.970. The van der Waals surface area contributed by atoms with Gasteiger partial charge in [0, 0.05) is 6.04 Å². The van der Waals surface area contributed by atoms with Crippen molar-refractivity contribution in [1.82, 2.24) is 4.72 Å². The maximum absolute atomic E-state index is 12.2. The lowest BCUT2D eigenvalue weighted by Crippen LogP contribution is -2.46. The van der Waals surface area contributed by atoms with Crippen LogP contribution in [0.2, 0.25) is 4.34 Å². The summed E-state index contributed by atoms with van der Waals surface area (Å²) < 4.78 is 27.3. The van der Waals surface area contributed by atoms with E-state index in [-0.39, 0.29) is 4.21 Å². The monoisotopic (exact) mass is 323 g/mol. The van der Waals surface area contributed by atoms with E-state index < -0.39 is 27.4 Å². The third-order valence-electron chi connectivity index (χ3n) is 3.56. The molecule has 19 heavy (non-hydrogen) atoms. The van der Waals surface area contributed by atoms with Crippen molar-refractivity contribution in [3.8, 4) is 0 Å². The zero-order valence-corrected chi connectivity index (χ0v) is 12.6. The van der Waals surface area contributed by atoms with E-state index >= 15 is 0 Å². The highest BCUT2D eigenvalue weighted by molar-refractivity contribution is 7.91. The Kier molecular flexibility index (Phi) is 3.92. The normalized spacial score (nSPS) is 27.6. The first-order valence-corrected chi connectivity index (χ1v) is 8.44. The number of carbonyl (C=O) groups is 1. The number of thiophene rings is 1. The Hall–Kier alpha value is -0.630. The Bertz CT molecular complexity index is 598. The molecule has 0 amide bonds. The second-order valence-electron chi connectivity index (χ2n) is 4.85. The molecular weight excluding hydrogens is 310 g/mol. The molecule has 0 radical (unpaired) electrons. The number of carboxylic acid groups (broad SMARTS) is 1. The fraction of sp³-hybridized carbons (Fsp3) is 0.545. The molecule has 106 valence electrons. The smallest absolute Gasteiger partial charge is 0.310 e. The molecule has 2 atom stereocenters. The lowest BCUT2D eigenvalue weighted by Gasteiger charge is -2.27. The standard InChI is InChI=1S/C11H14ClNO4S2/c1-11(10(14)15)6-2-3-7(11)13-19(16,17)9-5-4-8(12)18-9/h4-5,7,13H,2-3,6H2,1H3,(H,14,15). The molecule has 0 aliphatic heterocycles. The minimum absolute atomic E-state index is 0.108. The topological polar surface area (TPSA) is 83.5 Å². The van der Waals surface area contributed by atoms with Crippen LogP contribution in [0.25, 0.3) is 0 Å². The van der Waals surface area contributed by atoms with Gasteiger partial charge in [-0.25, -0.2) is 13.1 Å². The van der Waals surface area contributed by atoms with Gasteiger partial charge < -0.3 is 5.11 Å². The van der Waals surface area contributed by atoms with E-state index in [0.717, 1.165) is 11.3 Å². The number of carboxylic acids is 1. The van der Waals surface area contributed by atoms with E-state index in [1.54, 1.807) is 6.92 Å². The second-order valence-corrected chi connectivity index (χ2v) is 8.50. The Morgan fingerprint density at radius 3 is 2.79 bits per heavy atom. The second kappa shape index (κ2) is 5.05. The molecule has 1 aromatic heterocycles. The van der Waals surface area contributed by atoms with E-state index in [2.05, 4.69) is 4.72 Å². The lowest BCUT2D eigenvalue weighted by atomic mass is 9.85. The molecule has 1 aromatic rings. The van der Waals surface area contributed by atoms with Crippen molar-refractivity contribution < 1.29 is 18.3 Å². The molecule has 8 heteroatoms. The molecule has 0 spiro atoms. The minimum Gasteiger partial charge on any atom is -0.481 e. The van der Waals surface area contributed by atoms with Gasteiger partial charge in [0.25, 0.3) is 0 Å². The summed E-state index contributed by atoms with van der Waals surface area (Å²) in [5, 5.41) is 9.26. The number of rotatable bonds is 4. The first kappa shape index (κ1) is 14.8. The van der Waals surface area contributed by atoms with E-state index in [0.29, 0.717) is 23.6 Å². The lowest BCUT2D eigenvalue weighted by molar-refractivity contribution is -0.148. The Morgan fingerprint density at radius 1 is 1.58 bits per heavy atom. The zero-order chi connectivity index (χ0) is 14.3. The van der Waals surface area contributed by atoms with Gasteiger partial charge in [-0.15, -0.1) is 11.3 Å². The van der Waals surface area contributed by atoms with Gasteiger partial charge in [0.2, 0.25) is 10.0 Å². The molecule has 5 nitrogen and oxygen atoms in total. The van der Waals surface area contributed by atoms with Crippen molar-refractivity contribution in [3.05, 3.63) is 16.5 Å². The Balaban J connectivity index is 2.23. The van der Waals surface area contributed by atoms with Crippen molar-refractivity contribution in [2.24, 2.45) is 5.41 Å². The van der Waals surface area contributed by atoms with Crippen LogP contribution in [0.15, 0.2) is 16.3 Å². The SMILES string of the molecule is CC1(C(=O)O)CCCC1NS(=O)(=O)c1ccc(Cl)s1. The van der Waals surface area contributed by atoms with Crippen molar-refractivity contribution in [2.75, 3.05) is 0 Å². The van der Waals surface area contributed by atoms with Crippen LogP contribution in [0.1, 0.15) is 26.2 Å². The van der Waals surface area contributed by atoms with Gasteiger partial charge in [-0.3, -0.25) is 4.79 Å². The number of aliphatic carboxylic acids is 1. The summed E-state index contributed by atoms with van der Waals surface area (Å²) in [6.45, 7) is 1.58. The van der Waals surface area contributed by atoms with Crippen LogP contribution in [-0.2, 0) is 14.8 Å². The molecule has 0 aromatic carbocycles. The summed E-state index contributed by atoms with van der Waals surface area (Å²) in [7, 11) is -3.71. The maximum atomic E-state index is 12.2. The average Bonchev–Trinajstić information content (AvgIpc) is 2.87. The predicted octanol–water partition coefficient (Wildman–Crippen LogP) is 2.32. The average molecular weight is 324 g/mol. The third kappa shape index (κ3) is 2.79. The first-order valence-electron chi connectivity index (χ1n) is 5.77. The number of nitrogens with one attached hydrogen (secondary N) is 1. The van der Waals surface area contributed by atoms with Crippen LogP contribution >= 0.6 is 22.9 Å². The number of halogens is 1. The van der Waals surface area contributed by atoms with Crippen LogP contribution in [-0.4, -0.2) is 25.5 Å². The fourth-order valence-corrected chi connectivity index (χ4v) is 5.18. The molecular formula is C11H14ClNO4S2. The van der Waals surface area contributed by atoms with Gasteiger partial charge in [-0.1, -0.05) is 18.0 Å². The molecule has 2 rings (SSSR count). The van der Waals surface area contributed by atoms with Crippen LogP contribution < -0.4 is 4.72 Å². The highest BCUT2D eigenvalue weighted by Gasteiger charge is 2.47.